The predicted octanol–water partition coefficient (Wildman–Crippen LogP) is 2.95. The van der Waals surface area contributed by atoms with Crippen molar-refractivity contribution in [3.8, 4) is 0 Å². The van der Waals surface area contributed by atoms with Gasteiger partial charge in [0, 0.05) is 13.1 Å². The van der Waals surface area contributed by atoms with Crippen LogP contribution in [-0.2, 0) is 19.3 Å². The van der Waals surface area contributed by atoms with Gasteiger partial charge in [-0.05, 0) is 58.6 Å². The van der Waals surface area contributed by atoms with Crippen molar-refractivity contribution in [3.05, 3.63) is 41.4 Å². The SMILES string of the molecule is Cc1ccc(S(=O)(=O)N2CC=C(B3OC(C)(C)C(C)(C)O3)CC2)cc1. The molecule has 0 atom stereocenters. The van der Waals surface area contributed by atoms with Crippen molar-refractivity contribution in [1.29, 1.82) is 0 Å². The van der Waals surface area contributed by atoms with E-state index in [9.17, 15) is 8.42 Å². The van der Waals surface area contributed by atoms with E-state index >= 15 is 0 Å². The highest BCUT2D eigenvalue weighted by atomic mass is 32.2. The average Bonchev–Trinajstić information content (AvgIpc) is 2.76. The first-order valence-corrected chi connectivity index (χ1v) is 10.1. The molecular formula is C18H26BNO4S. The summed E-state index contributed by atoms with van der Waals surface area (Å²) in [4.78, 5) is 0.339. The third kappa shape index (κ3) is 3.43. The Morgan fingerprint density at radius 2 is 1.60 bits per heavy atom. The second kappa shape index (κ2) is 6.23. The molecule has 1 saturated heterocycles. The van der Waals surface area contributed by atoms with Crippen molar-refractivity contribution in [2.45, 2.75) is 57.1 Å². The first kappa shape index (κ1) is 18.6. The minimum absolute atomic E-state index is 0.339. The van der Waals surface area contributed by atoms with E-state index in [1.807, 2.05) is 52.8 Å². The zero-order chi connectivity index (χ0) is 18.5. The molecule has 0 aromatic heterocycles. The van der Waals surface area contributed by atoms with Gasteiger partial charge in [0.05, 0.1) is 16.1 Å². The Bertz CT molecular complexity index is 768. The minimum Gasteiger partial charge on any atom is -0.400 e. The van der Waals surface area contributed by atoms with Crippen LogP contribution in [0.4, 0.5) is 0 Å². The van der Waals surface area contributed by atoms with E-state index in [1.54, 1.807) is 12.1 Å². The van der Waals surface area contributed by atoms with Gasteiger partial charge in [0.1, 0.15) is 0 Å². The van der Waals surface area contributed by atoms with Crippen LogP contribution < -0.4 is 0 Å². The number of sulfonamides is 1. The second-order valence-electron chi connectivity index (χ2n) is 7.79. The molecule has 1 aromatic carbocycles. The predicted molar refractivity (Wildman–Crippen MR) is 98.7 cm³/mol. The fourth-order valence-electron chi connectivity index (χ4n) is 2.95. The van der Waals surface area contributed by atoms with Gasteiger partial charge in [0.25, 0.3) is 0 Å². The molecule has 1 aromatic rings. The molecule has 25 heavy (non-hydrogen) atoms. The average molecular weight is 363 g/mol. The first-order chi connectivity index (χ1) is 11.5. The van der Waals surface area contributed by atoms with Gasteiger partial charge in [-0.3, -0.25) is 0 Å². The Hall–Kier alpha value is -1.15. The molecule has 0 saturated carbocycles. The van der Waals surface area contributed by atoms with E-state index in [-0.39, 0.29) is 11.2 Å². The summed E-state index contributed by atoms with van der Waals surface area (Å²) in [5.41, 5.74) is 1.29. The Labute approximate surface area is 151 Å². The quantitative estimate of drug-likeness (QED) is 0.775. The van der Waals surface area contributed by atoms with Gasteiger partial charge >= 0.3 is 7.12 Å². The molecule has 0 amide bonds. The molecule has 0 spiro atoms. The standard InChI is InChI=1S/C18H26BNO4S/c1-14-6-8-16(9-7-14)25(21,22)20-12-10-15(11-13-20)19-23-17(2,3)18(4,5)24-19/h6-10H,11-13H2,1-5H3. The molecule has 0 N–H and O–H groups in total. The molecule has 5 nitrogen and oxygen atoms in total. The van der Waals surface area contributed by atoms with Gasteiger partial charge < -0.3 is 9.31 Å². The van der Waals surface area contributed by atoms with E-state index in [0.717, 1.165) is 11.0 Å². The van der Waals surface area contributed by atoms with E-state index in [2.05, 4.69) is 0 Å². The third-order valence-electron chi connectivity index (χ3n) is 5.42. The van der Waals surface area contributed by atoms with Gasteiger partial charge in [0.2, 0.25) is 10.0 Å². The summed E-state index contributed by atoms with van der Waals surface area (Å²) in [7, 11) is -3.86. The summed E-state index contributed by atoms with van der Waals surface area (Å²) < 4.78 is 39.2. The number of benzene rings is 1. The topological polar surface area (TPSA) is 55.8 Å². The van der Waals surface area contributed by atoms with Gasteiger partial charge in [-0.2, -0.15) is 4.31 Å². The Kier molecular flexibility index (Phi) is 4.65. The number of hydrogen-bond donors (Lipinski definition) is 0. The van der Waals surface area contributed by atoms with E-state index < -0.39 is 17.1 Å². The normalized spacial score (nSPS) is 23.6. The van der Waals surface area contributed by atoms with Crippen LogP contribution in [0.2, 0.25) is 0 Å². The van der Waals surface area contributed by atoms with Gasteiger partial charge in [-0.25, -0.2) is 8.42 Å². The molecule has 2 heterocycles. The molecule has 2 aliphatic rings. The van der Waals surface area contributed by atoms with Crippen molar-refractivity contribution in [1.82, 2.24) is 4.31 Å². The Balaban J connectivity index is 1.74. The van der Waals surface area contributed by atoms with Crippen LogP contribution in [0.1, 0.15) is 39.7 Å². The highest BCUT2D eigenvalue weighted by Gasteiger charge is 2.52. The van der Waals surface area contributed by atoms with E-state index in [1.165, 1.54) is 4.31 Å². The van der Waals surface area contributed by atoms with Crippen LogP contribution in [0.25, 0.3) is 0 Å². The lowest BCUT2D eigenvalue weighted by Crippen LogP contribution is -2.41. The molecule has 0 aliphatic carbocycles. The fraction of sp³-hybridized carbons (Fsp3) is 0.556. The fourth-order valence-corrected chi connectivity index (χ4v) is 4.33. The Morgan fingerprint density at radius 1 is 1.04 bits per heavy atom. The first-order valence-electron chi connectivity index (χ1n) is 8.64. The molecule has 0 bridgehead atoms. The Morgan fingerprint density at radius 3 is 2.08 bits per heavy atom. The maximum Gasteiger partial charge on any atom is 0.490 e. The summed E-state index contributed by atoms with van der Waals surface area (Å²) in [6, 6.07) is 6.97. The summed E-state index contributed by atoms with van der Waals surface area (Å²) in [6.07, 6.45) is 2.54. The molecular weight excluding hydrogens is 337 g/mol. The second-order valence-corrected chi connectivity index (χ2v) is 9.73. The summed E-state index contributed by atoms with van der Waals surface area (Å²) in [6.45, 7) is 10.8. The van der Waals surface area contributed by atoms with Crippen molar-refractivity contribution in [2.24, 2.45) is 0 Å². The number of aryl methyl sites for hydroxylation is 1. The zero-order valence-electron chi connectivity index (χ0n) is 15.6. The van der Waals surface area contributed by atoms with E-state index in [4.69, 9.17) is 9.31 Å². The van der Waals surface area contributed by atoms with Crippen LogP contribution >= 0.6 is 0 Å². The number of hydrogen-bond acceptors (Lipinski definition) is 4. The molecule has 1 fully saturated rings. The third-order valence-corrected chi connectivity index (χ3v) is 7.30. The molecule has 2 aliphatic heterocycles. The van der Waals surface area contributed by atoms with E-state index in [0.29, 0.717) is 24.4 Å². The molecule has 0 unspecified atom stereocenters. The maximum atomic E-state index is 12.8. The maximum absolute atomic E-state index is 12.8. The molecule has 3 rings (SSSR count). The molecule has 136 valence electrons. The monoisotopic (exact) mass is 363 g/mol. The van der Waals surface area contributed by atoms with Crippen molar-refractivity contribution in [2.75, 3.05) is 13.1 Å². The lowest BCUT2D eigenvalue weighted by atomic mass is 9.75. The number of rotatable bonds is 3. The van der Waals surface area contributed by atoms with Gasteiger partial charge in [0.15, 0.2) is 0 Å². The van der Waals surface area contributed by atoms with Crippen molar-refractivity contribution >= 4 is 17.1 Å². The van der Waals surface area contributed by atoms with Crippen LogP contribution in [0.5, 0.6) is 0 Å². The van der Waals surface area contributed by atoms with Crippen LogP contribution in [0, 0.1) is 6.92 Å². The number of nitrogens with zero attached hydrogens (tertiary/aromatic N) is 1. The molecule has 7 heteroatoms. The van der Waals surface area contributed by atoms with Crippen molar-refractivity contribution < 1.29 is 17.7 Å². The smallest absolute Gasteiger partial charge is 0.400 e. The van der Waals surface area contributed by atoms with Crippen LogP contribution in [0.3, 0.4) is 0 Å². The largest absolute Gasteiger partial charge is 0.490 e. The summed E-state index contributed by atoms with van der Waals surface area (Å²) in [5.74, 6) is 0. The van der Waals surface area contributed by atoms with Crippen LogP contribution in [-0.4, -0.2) is 44.1 Å². The zero-order valence-corrected chi connectivity index (χ0v) is 16.4. The molecule has 0 radical (unpaired) electrons. The lowest BCUT2D eigenvalue weighted by Gasteiger charge is -2.32. The summed E-state index contributed by atoms with van der Waals surface area (Å²) in [5, 5.41) is 0. The van der Waals surface area contributed by atoms with Crippen LogP contribution in [0.15, 0.2) is 40.7 Å². The lowest BCUT2D eigenvalue weighted by molar-refractivity contribution is 0.00578. The highest BCUT2D eigenvalue weighted by Crippen LogP contribution is 2.39. The highest BCUT2D eigenvalue weighted by molar-refractivity contribution is 7.89. The van der Waals surface area contributed by atoms with Gasteiger partial charge in [-0.15, -0.1) is 0 Å². The summed E-state index contributed by atoms with van der Waals surface area (Å²) >= 11 is 0. The van der Waals surface area contributed by atoms with Crippen molar-refractivity contribution in [3.63, 3.8) is 0 Å². The minimum atomic E-state index is -3.46. The van der Waals surface area contributed by atoms with Gasteiger partial charge in [-0.1, -0.05) is 23.8 Å².